The van der Waals surface area contributed by atoms with E-state index in [9.17, 15) is 4.39 Å². The fourth-order valence-corrected chi connectivity index (χ4v) is 4.79. The second kappa shape index (κ2) is 7.79. The van der Waals surface area contributed by atoms with E-state index >= 15 is 0 Å². The Morgan fingerprint density at radius 2 is 1.87 bits per heavy atom. The molecule has 0 amide bonds. The van der Waals surface area contributed by atoms with Crippen LogP contribution in [-0.4, -0.2) is 48.4 Å². The molecular weight excluding hydrogens is 389 g/mol. The minimum atomic E-state index is -0.317. The van der Waals surface area contributed by atoms with E-state index in [1.54, 1.807) is 6.07 Å². The highest BCUT2D eigenvalue weighted by atomic mass is 19.1. The van der Waals surface area contributed by atoms with Gasteiger partial charge in [-0.05, 0) is 56.0 Å². The van der Waals surface area contributed by atoms with Gasteiger partial charge in [-0.25, -0.2) is 9.38 Å². The van der Waals surface area contributed by atoms with E-state index in [-0.39, 0.29) is 5.82 Å². The molecule has 1 saturated heterocycles. The number of rotatable bonds is 4. The van der Waals surface area contributed by atoms with Crippen molar-refractivity contribution >= 4 is 11.5 Å². The molecule has 31 heavy (non-hydrogen) atoms. The zero-order valence-electron chi connectivity index (χ0n) is 18.5. The minimum absolute atomic E-state index is 0.317. The van der Waals surface area contributed by atoms with Crippen LogP contribution in [0.4, 0.5) is 10.1 Å². The smallest absolute Gasteiger partial charge is 0.156 e. The summed E-state index contributed by atoms with van der Waals surface area (Å²) >= 11 is 0. The maximum absolute atomic E-state index is 13.8. The monoisotopic (exact) mass is 419 g/mol. The average molecular weight is 420 g/mol. The first kappa shape index (κ1) is 20.3. The Balaban J connectivity index is 1.39. The number of piperazine rings is 1. The Morgan fingerprint density at radius 1 is 1.10 bits per heavy atom. The van der Waals surface area contributed by atoms with Gasteiger partial charge in [0.25, 0.3) is 0 Å². The molecule has 3 aliphatic rings. The third-order valence-electron chi connectivity index (χ3n) is 6.97. The van der Waals surface area contributed by atoms with Gasteiger partial charge in [0.2, 0.25) is 0 Å². The van der Waals surface area contributed by atoms with Crippen LogP contribution < -0.4 is 4.74 Å². The van der Waals surface area contributed by atoms with Crippen LogP contribution in [0.15, 0.2) is 53.5 Å². The van der Waals surface area contributed by atoms with E-state index in [0.29, 0.717) is 16.9 Å². The summed E-state index contributed by atoms with van der Waals surface area (Å²) in [6, 6.07) is 10.7. The van der Waals surface area contributed by atoms with Gasteiger partial charge in [0.05, 0.1) is 5.56 Å². The highest BCUT2D eigenvalue weighted by molar-refractivity contribution is 6.03. The second-order valence-electron chi connectivity index (χ2n) is 9.15. The molecule has 2 aromatic carbocycles. The molecule has 0 bridgehead atoms. The first-order chi connectivity index (χ1) is 15.0. The molecule has 4 nitrogen and oxygen atoms in total. The largest absolute Gasteiger partial charge is 0.454 e. The molecule has 0 unspecified atom stereocenters. The lowest BCUT2D eigenvalue weighted by Crippen LogP contribution is -2.50. The Bertz CT molecular complexity index is 1050. The van der Waals surface area contributed by atoms with E-state index in [1.165, 1.54) is 30.5 Å². The fourth-order valence-electron chi connectivity index (χ4n) is 4.79. The van der Waals surface area contributed by atoms with Crippen molar-refractivity contribution in [2.45, 2.75) is 33.1 Å². The van der Waals surface area contributed by atoms with Gasteiger partial charge in [-0.2, -0.15) is 0 Å². The number of fused-ring (bicyclic) bond motifs is 2. The molecule has 162 valence electrons. The predicted molar refractivity (Wildman–Crippen MR) is 123 cm³/mol. The number of ether oxygens (including phenoxy) is 1. The van der Waals surface area contributed by atoms with Crippen LogP contribution in [0, 0.1) is 18.2 Å². The molecule has 0 atom stereocenters. The van der Waals surface area contributed by atoms with E-state index in [1.807, 2.05) is 13.0 Å². The van der Waals surface area contributed by atoms with Crippen molar-refractivity contribution in [2.75, 3.05) is 32.7 Å². The van der Waals surface area contributed by atoms with E-state index < -0.39 is 0 Å². The van der Waals surface area contributed by atoms with Crippen LogP contribution in [0.2, 0.25) is 0 Å². The van der Waals surface area contributed by atoms with Crippen LogP contribution in [0.3, 0.4) is 0 Å². The molecule has 5 rings (SSSR count). The van der Waals surface area contributed by atoms with Crippen molar-refractivity contribution in [1.29, 1.82) is 0 Å². The summed E-state index contributed by atoms with van der Waals surface area (Å²) in [5, 5.41) is 0. The van der Waals surface area contributed by atoms with E-state index in [2.05, 4.69) is 35.4 Å². The molecule has 2 aromatic rings. The van der Waals surface area contributed by atoms with Gasteiger partial charge in [0.15, 0.2) is 5.75 Å². The number of nitrogens with zero attached hydrogens (tertiary/aromatic N) is 3. The van der Waals surface area contributed by atoms with Gasteiger partial charge in [-0.1, -0.05) is 25.1 Å². The highest BCUT2D eigenvalue weighted by Gasteiger charge is 2.45. The quantitative estimate of drug-likeness (QED) is 0.597. The topological polar surface area (TPSA) is 28.1 Å². The number of aryl methyl sites for hydroxylation is 1. The molecular formula is C26H30FN3O. The number of amidine groups is 1. The molecule has 1 saturated carbocycles. The van der Waals surface area contributed by atoms with E-state index in [4.69, 9.17) is 9.73 Å². The van der Waals surface area contributed by atoms with Crippen LogP contribution in [0.1, 0.15) is 37.3 Å². The van der Waals surface area contributed by atoms with Gasteiger partial charge in [0.1, 0.15) is 23.1 Å². The molecule has 0 N–H and O–H groups in total. The Labute approximate surface area is 184 Å². The van der Waals surface area contributed by atoms with Crippen LogP contribution in [0.5, 0.6) is 11.5 Å². The Kier molecular flexibility index (Phi) is 5.09. The SMILES string of the molecule is C=C(CC)C1(CN2CCN(C3=Nc4ccc(F)cc4Oc4cc(C)ccc43)CC2)CC1. The first-order valence-corrected chi connectivity index (χ1v) is 11.3. The summed E-state index contributed by atoms with van der Waals surface area (Å²) in [6.45, 7) is 13.6. The highest BCUT2D eigenvalue weighted by Crippen LogP contribution is 2.52. The minimum Gasteiger partial charge on any atom is -0.454 e. The van der Waals surface area contributed by atoms with Crippen molar-refractivity contribution in [3.63, 3.8) is 0 Å². The molecule has 2 heterocycles. The zero-order chi connectivity index (χ0) is 21.6. The summed E-state index contributed by atoms with van der Waals surface area (Å²) in [4.78, 5) is 9.88. The lowest BCUT2D eigenvalue weighted by atomic mass is 9.94. The van der Waals surface area contributed by atoms with Crippen molar-refractivity contribution in [3.8, 4) is 11.5 Å². The lowest BCUT2D eigenvalue weighted by Gasteiger charge is -2.38. The number of hydrogen-bond acceptors (Lipinski definition) is 4. The predicted octanol–water partition coefficient (Wildman–Crippen LogP) is 5.68. The number of aliphatic imine (C=N–C) groups is 1. The van der Waals surface area contributed by atoms with Crippen LogP contribution >= 0.6 is 0 Å². The maximum Gasteiger partial charge on any atom is 0.156 e. The molecule has 0 aromatic heterocycles. The van der Waals surface area contributed by atoms with Gasteiger partial charge < -0.3 is 9.64 Å². The van der Waals surface area contributed by atoms with Crippen LogP contribution in [0.25, 0.3) is 0 Å². The molecule has 0 spiro atoms. The van der Waals surface area contributed by atoms with Gasteiger partial charge in [-0.3, -0.25) is 4.90 Å². The summed E-state index contributed by atoms with van der Waals surface area (Å²) < 4.78 is 20.0. The summed E-state index contributed by atoms with van der Waals surface area (Å²) in [5.74, 6) is 1.80. The summed E-state index contributed by atoms with van der Waals surface area (Å²) in [6.07, 6.45) is 3.64. The van der Waals surface area contributed by atoms with Crippen molar-refractivity contribution in [2.24, 2.45) is 10.4 Å². The van der Waals surface area contributed by atoms with Crippen molar-refractivity contribution in [3.05, 3.63) is 65.5 Å². The summed E-state index contributed by atoms with van der Waals surface area (Å²) in [7, 11) is 0. The normalized spacial score (nSPS) is 19.6. The Hall–Kier alpha value is -2.66. The molecule has 1 aliphatic carbocycles. The first-order valence-electron chi connectivity index (χ1n) is 11.3. The summed E-state index contributed by atoms with van der Waals surface area (Å²) in [5.41, 5.74) is 4.51. The van der Waals surface area contributed by atoms with Gasteiger partial charge in [-0.15, -0.1) is 0 Å². The second-order valence-corrected chi connectivity index (χ2v) is 9.15. The maximum atomic E-state index is 13.8. The van der Waals surface area contributed by atoms with Gasteiger partial charge in [0, 0.05) is 44.2 Å². The standard InChI is InChI=1S/C26H30FN3O/c1-4-19(3)26(9-10-26)17-29-11-13-30(14-12-29)25-21-7-5-18(2)15-23(21)31-24-16-20(27)6-8-22(24)28-25/h5-8,15-16H,3-4,9-14,17H2,1-2H3. The third kappa shape index (κ3) is 3.87. The number of halogens is 1. The van der Waals surface area contributed by atoms with Crippen molar-refractivity contribution < 1.29 is 9.13 Å². The zero-order valence-corrected chi connectivity index (χ0v) is 18.5. The van der Waals surface area contributed by atoms with Crippen molar-refractivity contribution in [1.82, 2.24) is 9.80 Å². The molecule has 5 heteroatoms. The van der Waals surface area contributed by atoms with E-state index in [0.717, 1.165) is 61.9 Å². The fraction of sp³-hybridized carbons (Fsp3) is 0.423. The number of hydrogen-bond donors (Lipinski definition) is 0. The molecule has 2 aliphatic heterocycles. The molecule has 2 fully saturated rings. The lowest BCUT2D eigenvalue weighted by molar-refractivity contribution is 0.160. The third-order valence-corrected chi connectivity index (χ3v) is 6.97. The molecule has 0 radical (unpaired) electrons. The van der Waals surface area contributed by atoms with Gasteiger partial charge >= 0.3 is 0 Å². The average Bonchev–Trinajstić information content (AvgIpc) is 3.56. The number of benzene rings is 2. The Morgan fingerprint density at radius 3 is 2.58 bits per heavy atom. The van der Waals surface area contributed by atoms with Crippen LogP contribution in [-0.2, 0) is 0 Å².